The molecule has 7 heteroatoms. The molecule has 1 aromatic carbocycles. The fourth-order valence-corrected chi connectivity index (χ4v) is 3.04. The molecule has 154 valence electrons. The molecular formula is C21H35N7. The molecule has 0 fully saturated rings. The summed E-state index contributed by atoms with van der Waals surface area (Å²) in [5.74, 6) is 1.88. The van der Waals surface area contributed by atoms with E-state index in [4.69, 9.17) is 0 Å². The van der Waals surface area contributed by atoms with Gasteiger partial charge in [0.2, 0.25) is 0 Å². The molecule has 7 nitrogen and oxygen atoms in total. The summed E-state index contributed by atoms with van der Waals surface area (Å²) in [6.45, 7) is 13.7. The molecule has 28 heavy (non-hydrogen) atoms. The van der Waals surface area contributed by atoms with Crippen LogP contribution in [0, 0.1) is 6.92 Å². The van der Waals surface area contributed by atoms with E-state index in [9.17, 15) is 0 Å². The van der Waals surface area contributed by atoms with Gasteiger partial charge in [-0.1, -0.05) is 26.0 Å². The number of rotatable bonds is 11. The number of guanidine groups is 1. The number of anilines is 1. The largest absolute Gasteiger partial charge is 0.370 e. The number of benzene rings is 1. The van der Waals surface area contributed by atoms with Crippen LogP contribution in [0.2, 0.25) is 0 Å². The number of hydrogen-bond donors (Lipinski definition) is 2. The lowest BCUT2D eigenvalue weighted by atomic mass is 10.2. The van der Waals surface area contributed by atoms with Gasteiger partial charge in [-0.25, -0.2) is 0 Å². The van der Waals surface area contributed by atoms with Crippen molar-refractivity contribution in [3.05, 3.63) is 42.0 Å². The molecule has 0 radical (unpaired) electrons. The monoisotopic (exact) mass is 385 g/mol. The van der Waals surface area contributed by atoms with E-state index in [1.54, 1.807) is 6.33 Å². The van der Waals surface area contributed by atoms with Gasteiger partial charge in [-0.05, 0) is 38.0 Å². The van der Waals surface area contributed by atoms with Crippen LogP contribution in [-0.2, 0) is 13.0 Å². The second kappa shape index (κ2) is 12.0. The Labute approximate surface area is 169 Å². The summed E-state index contributed by atoms with van der Waals surface area (Å²) in [6.07, 6.45) is 3.71. The van der Waals surface area contributed by atoms with Gasteiger partial charge in [0.05, 0.1) is 0 Å². The quantitative estimate of drug-likeness (QED) is 0.460. The number of nitrogens with one attached hydrogen (secondary N) is 2. The number of aryl methyl sites for hydroxylation is 2. The maximum absolute atomic E-state index is 4.65. The second-order valence-corrected chi connectivity index (χ2v) is 6.80. The van der Waals surface area contributed by atoms with Gasteiger partial charge in [0.1, 0.15) is 12.2 Å². The average Bonchev–Trinajstić information content (AvgIpc) is 3.16. The first-order valence-electron chi connectivity index (χ1n) is 10.4. The van der Waals surface area contributed by atoms with Crippen LogP contribution in [0.5, 0.6) is 0 Å². The molecule has 0 amide bonds. The maximum Gasteiger partial charge on any atom is 0.191 e. The van der Waals surface area contributed by atoms with Gasteiger partial charge in [-0.2, -0.15) is 0 Å². The van der Waals surface area contributed by atoms with Crippen molar-refractivity contribution in [3.8, 4) is 0 Å². The average molecular weight is 386 g/mol. The molecular weight excluding hydrogens is 350 g/mol. The second-order valence-electron chi connectivity index (χ2n) is 6.80. The summed E-state index contributed by atoms with van der Waals surface area (Å²) in [5.41, 5.74) is 2.56. The summed E-state index contributed by atoms with van der Waals surface area (Å²) in [4.78, 5) is 7.03. The third kappa shape index (κ3) is 6.87. The Kier molecular flexibility index (Phi) is 9.31. The first-order valence-corrected chi connectivity index (χ1v) is 10.4. The third-order valence-electron chi connectivity index (χ3n) is 4.57. The number of likely N-dealkylation sites (N-methyl/N-ethyl adjacent to an activating group) is 1. The van der Waals surface area contributed by atoms with Crippen LogP contribution >= 0.6 is 0 Å². The molecule has 0 aliphatic rings. The predicted octanol–water partition coefficient (Wildman–Crippen LogP) is 2.62. The molecule has 0 unspecified atom stereocenters. The number of nitrogens with zero attached hydrogens (tertiary/aromatic N) is 5. The van der Waals surface area contributed by atoms with E-state index >= 15 is 0 Å². The molecule has 0 atom stereocenters. The van der Waals surface area contributed by atoms with Crippen molar-refractivity contribution in [3.63, 3.8) is 0 Å². The van der Waals surface area contributed by atoms with Gasteiger partial charge >= 0.3 is 0 Å². The van der Waals surface area contributed by atoms with Crippen molar-refractivity contribution in [2.75, 3.05) is 37.6 Å². The maximum atomic E-state index is 4.65. The Bertz CT molecular complexity index is 723. The summed E-state index contributed by atoms with van der Waals surface area (Å²) in [7, 11) is 0. The third-order valence-corrected chi connectivity index (χ3v) is 4.57. The van der Waals surface area contributed by atoms with Crippen LogP contribution < -0.4 is 15.5 Å². The van der Waals surface area contributed by atoms with Gasteiger partial charge in [-0.15, -0.1) is 10.2 Å². The van der Waals surface area contributed by atoms with Crippen molar-refractivity contribution >= 4 is 11.6 Å². The highest BCUT2D eigenvalue weighted by molar-refractivity contribution is 5.79. The first-order chi connectivity index (χ1) is 13.7. The van der Waals surface area contributed by atoms with E-state index in [2.05, 4.69) is 87.3 Å². The molecule has 0 aliphatic carbocycles. The summed E-state index contributed by atoms with van der Waals surface area (Å²) < 4.78 is 2.08. The standard InChI is InChI=1S/C21H35N7/c1-5-11-22-21(24-13-15-28-17-25-26-20(28)6-2)23-12-14-27(7-3)19-10-8-9-18(4)16-19/h8-10,16-17H,5-7,11-15H2,1-4H3,(H2,22,23,24). The zero-order chi connectivity index (χ0) is 20.2. The molecule has 0 saturated heterocycles. The smallest absolute Gasteiger partial charge is 0.191 e. The molecule has 1 aromatic heterocycles. The van der Waals surface area contributed by atoms with Crippen LogP contribution in [0.1, 0.15) is 38.6 Å². The van der Waals surface area contributed by atoms with Crippen LogP contribution in [0.15, 0.2) is 35.6 Å². The fourth-order valence-electron chi connectivity index (χ4n) is 3.04. The molecule has 1 heterocycles. The minimum absolute atomic E-state index is 0.788. The SMILES string of the molecule is CCCN=C(NCCN(CC)c1cccc(C)c1)NCCn1cnnc1CC. The lowest BCUT2D eigenvalue weighted by molar-refractivity contribution is 0.630. The predicted molar refractivity (Wildman–Crippen MR) is 117 cm³/mol. The first kappa shape index (κ1) is 21.7. The van der Waals surface area contributed by atoms with Gasteiger partial charge in [0.15, 0.2) is 5.96 Å². The Morgan fingerprint density at radius 3 is 2.71 bits per heavy atom. The molecule has 0 aliphatic heterocycles. The topological polar surface area (TPSA) is 70.4 Å². The van der Waals surface area contributed by atoms with Crippen molar-refractivity contribution < 1.29 is 0 Å². The van der Waals surface area contributed by atoms with Gasteiger partial charge < -0.3 is 20.1 Å². The molecule has 2 N–H and O–H groups in total. The lowest BCUT2D eigenvalue weighted by Crippen LogP contribution is -2.42. The fraction of sp³-hybridized carbons (Fsp3) is 0.571. The highest BCUT2D eigenvalue weighted by Crippen LogP contribution is 2.14. The van der Waals surface area contributed by atoms with Crippen LogP contribution in [0.3, 0.4) is 0 Å². The molecule has 0 bridgehead atoms. The summed E-state index contributed by atoms with van der Waals surface area (Å²) >= 11 is 0. The van der Waals surface area contributed by atoms with E-state index in [1.807, 2.05) is 0 Å². The summed E-state index contributed by atoms with van der Waals surface area (Å²) in [5, 5.41) is 15.0. The van der Waals surface area contributed by atoms with Crippen molar-refractivity contribution in [1.29, 1.82) is 0 Å². The molecule has 2 rings (SSSR count). The van der Waals surface area contributed by atoms with Crippen LogP contribution in [0.25, 0.3) is 0 Å². The Balaban J connectivity index is 1.84. The van der Waals surface area contributed by atoms with Crippen molar-refractivity contribution in [2.45, 2.75) is 47.1 Å². The van der Waals surface area contributed by atoms with Crippen molar-refractivity contribution in [1.82, 2.24) is 25.4 Å². The van der Waals surface area contributed by atoms with E-state index in [1.165, 1.54) is 11.3 Å². The van der Waals surface area contributed by atoms with Gasteiger partial charge in [0.25, 0.3) is 0 Å². The Hall–Kier alpha value is -2.57. The summed E-state index contributed by atoms with van der Waals surface area (Å²) in [6, 6.07) is 8.66. The molecule has 2 aromatic rings. The molecule has 0 spiro atoms. The van der Waals surface area contributed by atoms with Crippen LogP contribution in [-0.4, -0.2) is 53.4 Å². The van der Waals surface area contributed by atoms with E-state index in [0.29, 0.717) is 0 Å². The molecule has 0 saturated carbocycles. The Morgan fingerprint density at radius 1 is 1.18 bits per heavy atom. The zero-order valence-corrected chi connectivity index (χ0v) is 17.8. The highest BCUT2D eigenvalue weighted by Gasteiger charge is 2.06. The lowest BCUT2D eigenvalue weighted by Gasteiger charge is -2.24. The number of hydrogen-bond acceptors (Lipinski definition) is 4. The Morgan fingerprint density at radius 2 is 2.00 bits per heavy atom. The van der Waals surface area contributed by atoms with Gasteiger partial charge in [0, 0.05) is 51.4 Å². The minimum Gasteiger partial charge on any atom is -0.370 e. The zero-order valence-electron chi connectivity index (χ0n) is 17.8. The minimum atomic E-state index is 0.788. The highest BCUT2D eigenvalue weighted by atomic mass is 15.3. The van der Waals surface area contributed by atoms with E-state index < -0.39 is 0 Å². The number of aromatic nitrogens is 3. The number of aliphatic imine (C=N–C) groups is 1. The normalized spacial score (nSPS) is 11.5. The van der Waals surface area contributed by atoms with E-state index in [-0.39, 0.29) is 0 Å². The van der Waals surface area contributed by atoms with Crippen LogP contribution in [0.4, 0.5) is 5.69 Å². The van der Waals surface area contributed by atoms with Gasteiger partial charge in [-0.3, -0.25) is 4.99 Å². The van der Waals surface area contributed by atoms with E-state index in [0.717, 1.165) is 63.9 Å². The van der Waals surface area contributed by atoms with Crippen molar-refractivity contribution in [2.24, 2.45) is 4.99 Å².